The van der Waals surface area contributed by atoms with Crippen LogP contribution in [0.3, 0.4) is 0 Å². The maximum atomic E-state index is 12.0. The lowest BCUT2D eigenvalue weighted by Crippen LogP contribution is -2.58. The molecule has 2 atom stereocenters. The minimum atomic E-state index is 0.273. The summed E-state index contributed by atoms with van der Waals surface area (Å²) in [7, 11) is 0. The van der Waals surface area contributed by atoms with Crippen molar-refractivity contribution in [2.45, 2.75) is 39.3 Å². The van der Waals surface area contributed by atoms with E-state index in [1.54, 1.807) is 0 Å². The summed E-state index contributed by atoms with van der Waals surface area (Å²) in [5.41, 5.74) is 1.23. The van der Waals surface area contributed by atoms with Gasteiger partial charge in [0.15, 0.2) is 0 Å². The van der Waals surface area contributed by atoms with Crippen LogP contribution >= 0.6 is 0 Å². The lowest BCUT2D eigenvalue weighted by molar-refractivity contribution is -0.138. The predicted molar refractivity (Wildman–Crippen MR) is 88.0 cm³/mol. The Hall–Kier alpha value is -1.61. The molecule has 0 aromatic heterocycles. The zero-order valence-corrected chi connectivity index (χ0v) is 13.3. The number of hydrogen-bond donors (Lipinski definition) is 0. The Morgan fingerprint density at radius 1 is 1.19 bits per heavy atom. The second kappa shape index (κ2) is 7.41. The van der Waals surface area contributed by atoms with Gasteiger partial charge in [0, 0.05) is 38.1 Å². The minimum absolute atomic E-state index is 0.273. The number of nitrogens with zero attached hydrogens (tertiary/aromatic N) is 2. The molecule has 1 amide bonds. The van der Waals surface area contributed by atoms with Crippen molar-refractivity contribution < 1.29 is 4.79 Å². The Labute approximate surface area is 128 Å². The number of carbonyl (C=O) groups is 1. The number of benzene rings is 1. The number of rotatable bonds is 4. The Balaban J connectivity index is 1.89. The van der Waals surface area contributed by atoms with E-state index < -0.39 is 0 Å². The van der Waals surface area contributed by atoms with Gasteiger partial charge < -0.3 is 4.90 Å². The first kappa shape index (κ1) is 15.8. The van der Waals surface area contributed by atoms with Gasteiger partial charge in [-0.15, -0.1) is 0 Å². The molecule has 21 heavy (non-hydrogen) atoms. The molecule has 1 saturated heterocycles. The largest absolute Gasteiger partial charge is 0.335 e. The van der Waals surface area contributed by atoms with E-state index in [1.165, 1.54) is 5.56 Å². The van der Waals surface area contributed by atoms with E-state index in [1.807, 2.05) is 13.0 Å². The highest BCUT2D eigenvalue weighted by molar-refractivity contribution is 5.76. The highest BCUT2D eigenvalue weighted by Crippen LogP contribution is 2.17. The van der Waals surface area contributed by atoms with Crippen molar-refractivity contribution in [1.82, 2.24) is 9.80 Å². The molecule has 1 heterocycles. The standard InChI is InChI=1S/C18H26N2O/c1-4-18(21)20-15(2)13-19(14-16(20)3)12-8-11-17-9-6-5-7-10-17/h5-11,15-16H,4,12-14H2,1-3H3/b11-8+/t15-,16-/m0/s1. The van der Waals surface area contributed by atoms with Crippen LogP contribution in [-0.4, -0.2) is 47.4 Å². The Bertz CT molecular complexity index is 471. The number of piperazine rings is 1. The molecule has 2 rings (SSSR count). The third kappa shape index (κ3) is 4.18. The van der Waals surface area contributed by atoms with Gasteiger partial charge in [-0.3, -0.25) is 9.69 Å². The van der Waals surface area contributed by atoms with E-state index in [0.29, 0.717) is 18.5 Å². The molecule has 3 heteroatoms. The molecule has 0 spiro atoms. The van der Waals surface area contributed by atoms with Gasteiger partial charge in [-0.2, -0.15) is 0 Å². The maximum absolute atomic E-state index is 12.0. The van der Waals surface area contributed by atoms with Crippen molar-refractivity contribution in [3.63, 3.8) is 0 Å². The van der Waals surface area contributed by atoms with Gasteiger partial charge in [0.2, 0.25) is 5.91 Å². The van der Waals surface area contributed by atoms with Gasteiger partial charge >= 0.3 is 0 Å². The second-order valence-electron chi connectivity index (χ2n) is 5.88. The van der Waals surface area contributed by atoms with Crippen LogP contribution in [-0.2, 0) is 4.79 Å². The molecule has 1 aliphatic rings. The average Bonchev–Trinajstić information content (AvgIpc) is 2.47. The number of hydrogen-bond acceptors (Lipinski definition) is 2. The van der Waals surface area contributed by atoms with E-state index in [0.717, 1.165) is 19.6 Å². The molecule has 0 radical (unpaired) electrons. The lowest BCUT2D eigenvalue weighted by atomic mass is 10.1. The third-order valence-electron chi connectivity index (χ3n) is 4.06. The Kier molecular flexibility index (Phi) is 5.57. The van der Waals surface area contributed by atoms with Crippen LogP contribution in [0.5, 0.6) is 0 Å². The van der Waals surface area contributed by atoms with E-state index in [4.69, 9.17) is 0 Å². The van der Waals surface area contributed by atoms with E-state index in [9.17, 15) is 4.79 Å². The van der Waals surface area contributed by atoms with E-state index in [-0.39, 0.29) is 5.91 Å². The monoisotopic (exact) mass is 286 g/mol. The zero-order valence-electron chi connectivity index (χ0n) is 13.3. The Morgan fingerprint density at radius 2 is 1.81 bits per heavy atom. The lowest BCUT2D eigenvalue weighted by Gasteiger charge is -2.44. The van der Waals surface area contributed by atoms with Crippen LogP contribution in [0.25, 0.3) is 6.08 Å². The van der Waals surface area contributed by atoms with Crippen LogP contribution in [0.15, 0.2) is 36.4 Å². The molecule has 0 unspecified atom stereocenters. The molecule has 0 saturated carbocycles. The van der Waals surface area contributed by atoms with Crippen LogP contribution in [0.1, 0.15) is 32.8 Å². The summed E-state index contributed by atoms with van der Waals surface area (Å²) >= 11 is 0. The summed E-state index contributed by atoms with van der Waals surface area (Å²) in [6, 6.07) is 11.0. The van der Waals surface area contributed by atoms with E-state index >= 15 is 0 Å². The summed E-state index contributed by atoms with van der Waals surface area (Å²) in [5, 5.41) is 0. The fraction of sp³-hybridized carbons (Fsp3) is 0.500. The summed E-state index contributed by atoms with van der Waals surface area (Å²) in [5.74, 6) is 0.273. The van der Waals surface area contributed by atoms with Gasteiger partial charge in [0.25, 0.3) is 0 Å². The highest BCUT2D eigenvalue weighted by atomic mass is 16.2. The minimum Gasteiger partial charge on any atom is -0.335 e. The first-order chi connectivity index (χ1) is 10.1. The zero-order chi connectivity index (χ0) is 15.2. The molecule has 0 bridgehead atoms. The molecular formula is C18H26N2O. The van der Waals surface area contributed by atoms with Gasteiger partial charge in [-0.1, -0.05) is 49.4 Å². The van der Waals surface area contributed by atoms with Crippen molar-refractivity contribution in [1.29, 1.82) is 0 Å². The van der Waals surface area contributed by atoms with Crippen molar-refractivity contribution in [2.75, 3.05) is 19.6 Å². The van der Waals surface area contributed by atoms with Gasteiger partial charge in [-0.05, 0) is 19.4 Å². The number of amides is 1. The summed E-state index contributed by atoms with van der Waals surface area (Å²) < 4.78 is 0. The van der Waals surface area contributed by atoms with Gasteiger partial charge in [0.1, 0.15) is 0 Å². The van der Waals surface area contributed by atoms with Crippen LogP contribution in [0.4, 0.5) is 0 Å². The van der Waals surface area contributed by atoms with Crippen molar-refractivity contribution in [2.24, 2.45) is 0 Å². The van der Waals surface area contributed by atoms with Crippen molar-refractivity contribution in [3.05, 3.63) is 42.0 Å². The maximum Gasteiger partial charge on any atom is 0.222 e. The average molecular weight is 286 g/mol. The summed E-state index contributed by atoms with van der Waals surface area (Å²) in [4.78, 5) is 16.5. The van der Waals surface area contributed by atoms with Gasteiger partial charge in [0.05, 0.1) is 0 Å². The fourth-order valence-electron chi connectivity index (χ4n) is 3.16. The van der Waals surface area contributed by atoms with Crippen LogP contribution in [0.2, 0.25) is 0 Å². The topological polar surface area (TPSA) is 23.6 Å². The van der Waals surface area contributed by atoms with Crippen LogP contribution in [0, 0.1) is 0 Å². The highest BCUT2D eigenvalue weighted by Gasteiger charge is 2.31. The van der Waals surface area contributed by atoms with Crippen molar-refractivity contribution in [3.8, 4) is 0 Å². The van der Waals surface area contributed by atoms with Crippen LogP contribution < -0.4 is 0 Å². The molecule has 114 valence electrons. The third-order valence-corrected chi connectivity index (χ3v) is 4.06. The molecule has 1 aromatic rings. The fourth-order valence-corrected chi connectivity index (χ4v) is 3.16. The first-order valence-corrected chi connectivity index (χ1v) is 7.87. The summed E-state index contributed by atoms with van der Waals surface area (Å²) in [6.07, 6.45) is 4.98. The normalized spacial score (nSPS) is 23.7. The molecule has 0 aliphatic carbocycles. The SMILES string of the molecule is CCC(=O)N1[C@@H](C)CN(C/C=C/c2ccccc2)C[C@@H]1C. The molecular weight excluding hydrogens is 260 g/mol. The summed E-state index contributed by atoms with van der Waals surface area (Å²) in [6.45, 7) is 9.09. The molecule has 1 aromatic carbocycles. The first-order valence-electron chi connectivity index (χ1n) is 7.87. The smallest absolute Gasteiger partial charge is 0.222 e. The molecule has 0 N–H and O–H groups in total. The number of carbonyl (C=O) groups excluding carboxylic acids is 1. The van der Waals surface area contributed by atoms with Gasteiger partial charge in [-0.25, -0.2) is 0 Å². The second-order valence-corrected chi connectivity index (χ2v) is 5.88. The quantitative estimate of drug-likeness (QED) is 0.849. The molecule has 1 fully saturated rings. The van der Waals surface area contributed by atoms with Crippen molar-refractivity contribution >= 4 is 12.0 Å². The molecule has 1 aliphatic heterocycles. The molecule has 3 nitrogen and oxygen atoms in total. The predicted octanol–water partition coefficient (Wildman–Crippen LogP) is 3.03. The Morgan fingerprint density at radius 3 is 2.38 bits per heavy atom. The van der Waals surface area contributed by atoms with E-state index in [2.05, 4.69) is 60.1 Å².